The van der Waals surface area contributed by atoms with Crippen molar-refractivity contribution in [3.63, 3.8) is 0 Å². The number of rotatable bonds is 4. The first kappa shape index (κ1) is 12.1. The fourth-order valence-electron chi connectivity index (χ4n) is 1.51. The SMILES string of the molecule is CC(NC(=O)c1ccnc(NN)c1)c1ncc[nH]1. The highest BCUT2D eigenvalue weighted by Gasteiger charge is 2.13. The molecule has 18 heavy (non-hydrogen) atoms. The molecule has 7 heteroatoms. The molecular weight excluding hydrogens is 232 g/mol. The largest absolute Gasteiger partial charge is 0.347 e. The lowest BCUT2D eigenvalue weighted by molar-refractivity contribution is 0.0938. The van der Waals surface area contributed by atoms with Crippen LogP contribution in [0.1, 0.15) is 29.1 Å². The molecule has 2 heterocycles. The number of amides is 1. The molecule has 2 rings (SSSR count). The summed E-state index contributed by atoms with van der Waals surface area (Å²) in [6.07, 6.45) is 4.86. The minimum atomic E-state index is -0.210. The number of nitrogen functional groups attached to an aromatic ring is 1. The lowest BCUT2D eigenvalue weighted by Crippen LogP contribution is -2.27. The Morgan fingerprint density at radius 2 is 2.28 bits per heavy atom. The Balaban J connectivity index is 2.07. The Kier molecular flexibility index (Phi) is 3.54. The van der Waals surface area contributed by atoms with E-state index >= 15 is 0 Å². The fraction of sp³-hybridized carbons (Fsp3) is 0.182. The van der Waals surface area contributed by atoms with E-state index in [0.717, 1.165) is 0 Å². The molecule has 1 atom stereocenters. The van der Waals surface area contributed by atoms with E-state index in [-0.39, 0.29) is 11.9 Å². The van der Waals surface area contributed by atoms with Gasteiger partial charge in [0.25, 0.3) is 5.91 Å². The summed E-state index contributed by atoms with van der Waals surface area (Å²) in [4.78, 5) is 22.9. The molecule has 0 fully saturated rings. The molecule has 2 aromatic rings. The predicted molar refractivity (Wildman–Crippen MR) is 66.5 cm³/mol. The van der Waals surface area contributed by atoms with Crippen molar-refractivity contribution in [2.75, 3.05) is 5.43 Å². The summed E-state index contributed by atoms with van der Waals surface area (Å²) in [5.74, 6) is 6.17. The second-order valence-corrected chi connectivity index (χ2v) is 3.74. The van der Waals surface area contributed by atoms with Gasteiger partial charge in [0.15, 0.2) is 0 Å². The molecule has 94 valence electrons. The number of H-pyrrole nitrogens is 1. The van der Waals surface area contributed by atoms with Crippen molar-refractivity contribution in [1.29, 1.82) is 0 Å². The normalized spacial score (nSPS) is 11.9. The van der Waals surface area contributed by atoms with Crippen LogP contribution in [0.5, 0.6) is 0 Å². The molecule has 0 aliphatic rings. The van der Waals surface area contributed by atoms with Crippen LogP contribution >= 0.6 is 0 Å². The zero-order valence-corrected chi connectivity index (χ0v) is 9.84. The van der Waals surface area contributed by atoms with Gasteiger partial charge in [-0.2, -0.15) is 0 Å². The highest BCUT2D eigenvalue weighted by molar-refractivity contribution is 5.94. The number of carbonyl (C=O) groups is 1. The van der Waals surface area contributed by atoms with Crippen molar-refractivity contribution in [3.05, 3.63) is 42.1 Å². The standard InChI is InChI=1S/C11H14N6O/c1-7(10-14-4-5-15-10)16-11(18)8-2-3-13-9(6-8)17-12/h2-7H,12H2,1H3,(H,13,17)(H,14,15)(H,16,18). The molecule has 0 saturated carbocycles. The Hall–Kier alpha value is -2.41. The van der Waals surface area contributed by atoms with Crippen molar-refractivity contribution in [3.8, 4) is 0 Å². The van der Waals surface area contributed by atoms with Crippen LogP contribution in [-0.4, -0.2) is 20.9 Å². The molecule has 0 radical (unpaired) electrons. The van der Waals surface area contributed by atoms with Crippen molar-refractivity contribution >= 4 is 11.7 Å². The average Bonchev–Trinajstić information content (AvgIpc) is 2.92. The average molecular weight is 246 g/mol. The second-order valence-electron chi connectivity index (χ2n) is 3.74. The molecule has 0 saturated heterocycles. The lowest BCUT2D eigenvalue weighted by atomic mass is 10.2. The molecule has 7 nitrogen and oxygen atoms in total. The molecule has 0 bridgehead atoms. The number of aromatic nitrogens is 3. The van der Waals surface area contributed by atoms with E-state index in [9.17, 15) is 4.79 Å². The summed E-state index contributed by atoms with van der Waals surface area (Å²) < 4.78 is 0. The highest BCUT2D eigenvalue weighted by atomic mass is 16.1. The topological polar surface area (TPSA) is 109 Å². The van der Waals surface area contributed by atoms with Gasteiger partial charge in [0.05, 0.1) is 6.04 Å². The van der Waals surface area contributed by atoms with Gasteiger partial charge < -0.3 is 15.7 Å². The van der Waals surface area contributed by atoms with Gasteiger partial charge in [0, 0.05) is 24.2 Å². The summed E-state index contributed by atoms with van der Waals surface area (Å²) in [5.41, 5.74) is 2.88. The second kappa shape index (κ2) is 5.28. The van der Waals surface area contributed by atoms with Crippen LogP contribution in [0.15, 0.2) is 30.7 Å². The van der Waals surface area contributed by atoms with Crippen molar-refractivity contribution in [2.24, 2.45) is 5.84 Å². The van der Waals surface area contributed by atoms with Crippen LogP contribution in [-0.2, 0) is 0 Å². The van der Waals surface area contributed by atoms with Gasteiger partial charge in [-0.15, -0.1) is 0 Å². The number of hydrogen-bond acceptors (Lipinski definition) is 5. The van der Waals surface area contributed by atoms with Gasteiger partial charge in [-0.25, -0.2) is 15.8 Å². The monoisotopic (exact) mass is 246 g/mol. The van der Waals surface area contributed by atoms with Crippen molar-refractivity contribution < 1.29 is 4.79 Å². The summed E-state index contributed by atoms with van der Waals surface area (Å²) in [7, 11) is 0. The third kappa shape index (κ3) is 2.64. The third-order valence-corrected chi connectivity index (χ3v) is 2.45. The summed E-state index contributed by atoms with van der Waals surface area (Å²) in [6.45, 7) is 1.85. The van der Waals surface area contributed by atoms with Gasteiger partial charge in [0.2, 0.25) is 0 Å². The number of anilines is 1. The number of aromatic amines is 1. The number of hydrazine groups is 1. The molecule has 5 N–H and O–H groups in total. The third-order valence-electron chi connectivity index (χ3n) is 2.45. The number of carbonyl (C=O) groups excluding carboxylic acids is 1. The van der Waals surface area contributed by atoms with E-state index in [4.69, 9.17) is 5.84 Å². The Morgan fingerprint density at radius 1 is 1.44 bits per heavy atom. The zero-order chi connectivity index (χ0) is 13.0. The molecule has 0 aliphatic heterocycles. The van der Waals surface area contributed by atoms with Gasteiger partial charge in [-0.1, -0.05) is 0 Å². The first-order valence-corrected chi connectivity index (χ1v) is 5.43. The van der Waals surface area contributed by atoms with Crippen LogP contribution in [0.25, 0.3) is 0 Å². The van der Waals surface area contributed by atoms with Crippen LogP contribution in [0.2, 0.25) is 0 Å². The zero-order valence-electron chi connectivity index (χ0n) is 9.84. The summed E-state index contributed by atoms with van der Waals surface area (Å²) in [6, 6.07) is 2.99. The van der Waals surface area contributed by atoms with Gasteiger partial charge in [-0.05, 0) is 19.1 Å². The fourth-order valence-corrected chi connectivity index (χ4v) is 1.51. The lowest BCUT2D eigenvalue weighted by Gasteiger charge is -2.11. The number of imidazole rings is 1. The van der Waals surface area contributed by atoms with Crippen LogP contribution in [0, 0.1) is 0 Å². The number of hydrogen-bond donors (Lipinski definition) is 4. The van der Waals surface area contributed by atoms with Crippen LogP contribution in [0.4, 0.5) is 5.82 Å². The summed E-state index contributed by atoms with van der Waals surface area (Å²) in [5, 5.41) is 2.82. The first-order chi connectivity index (χ1) is 8.70. The minimum absolute atomic E-state index is 0.199. The van der Waals surface area contributed by atoms with Gasteiger partial charge in [-0.3, -0.25) is 4.79 Å². The maximum absolute atomic E-state index is 12.0. The van der Waals surface area contributed by atoms with Crippen molar-refractivity contribution in [2.45, 2.75) is 13.0 Å². The molecule has 0 aromatic carbocycles. The Labute approximate surface area is 104 Å². The molecule has 1 unspecified atom stereocenters. The quantitative estimate of drug-likeness (QED) is 0.466. The number of nitrogens with one attached hydrogen (secondary N) is 3. The van der Waals surface area contributed by atoms with E-state index in [1.165, 1.54) is 6.20 Å². The van der Waals surface area contributed by atoms with E-state index in [0.29, 0.717) is 17.2 Å². The first-order valence-electron chi connectivity index (χ1n) is 5.43. The highest BCUT2D eigenvalue weighted by Crippen LogP contribution is 2.09. The van der Waals surface area contributed by atoms with E-state index in [1.807, 2.05) is 6.92 Å². The number of pyridine rings is 1. The Morgan fingerprint density at radius 3 is 2.94 bits per heavy atom. The number of nitrogens with zero attached hydrogens (tertiary/aromatic N) is 2. The van der Waals surface area contributed by atoms with E-state index in [1.54, 1.807) is 24.5 Å². The Bertz CT molecular complexity index is 524. The maximum atomic E-state index is 12.0. The molecular formula is C11H14N6O. The van der Waals surface area contributed by atoms with Crippen molar-refractivity contribution in [1.82, 2.24) is 20.3 Å². The maximum Gasteiger partial charge on any atom is 0.252 e. The van der Waals surface area contributed by atoms with Gasteiger partial charge in [0.1, 0.15) is 11.6 Å². The molecule has 1 amide bonds. The predicted octanol–water partition coefficient (Wildman–Crippen LogP) is 0.581. The van der Waals surface area contributed by atoms with Gasteiger partial charge >= 0.3 is 0 Å². The van der Waals surface area contributed by atoms with E-state index < -0.39 is 0 Å². The molecule has 0 spiro atoms. The van der Waals surface area contributed by atoms with E-state index in [2.05, 4.69) is 25.7 Å². The minimum Gasteiger partial charge on any atom is -0.347 e. The molecule has 0 aliphatic carbocycles. The molecule has 2 aromatic heterocycles. The van der Waals surface area contributed by atoms with Crippen LogP contribution < -0.4 is 16.6 Å². The van der Waals surface area contributed by atoms with Crippen LogP contribution in [0.3, 0.4) is 0 Å². The number of nitrogens with two attached hydrogens (primary N) is 1. The smallest absolute Gasteiger partial charge is 0.252 e. The summed E-state index contributed by atoms with van der Waals surface area (Å²) >= 11 is 0.